The van der Waals surface area contributed by atoms with E-state index in [2.05, 4.69) is 118 Å². The Morgan fingerprint density at radius 1 is 0.391 bits per heavy atom. The number of carboxylic acids is 4. The van der Waals surface area contributed by atoms with Crippen LogP contribution in [0.4, 0.5) is 0 Å². The molecule has 128 heavy (non-hydrogen) atoms. The topological polar surface area (TPSA) is 496 Å². The van der Waals surface area contributed by atoms with Crippen molar-refractivity contribution in [1.29, 1.82) is 0 Å². The van der Waals surface area contributed by atoms with Gasteiger partial charge in [0.1, 0.15) is 11.7 Å². The number of carbonyl (C=O) groups excluding carboxylic acids is 8. The zero-order chi connectivity index (χ0) is 92.2. The van der Waals surface area contributed by atoms with Crippen LogP contribution in [0.1, 0.15) is 156 Å². The molecule has 690 valence electrons. The molecule has 0 spiro atoms. The lowest BCUT2D eigenvalue weighted by atomic mass is 9.85. The number of nitrogens with zero attached hydrogens (tertiary/aromatic N) is 10. The first kappa shape index (κ1) is 100. The fourth-order valence-electron chi connectivity index (χ4n) is 14.3. The van der Waals surface area contributed by atoms with Crippen LogP contribution in [-0.2, 0) is 57.5 Å². The fraction of sp³-hybridized carbons (Fsp3) is 0.473. The third-order valence-corrected chi connectivity index (χ3v) is 21.4. The van der Waals surface area contributed by atoms with Crippen molar-refractivity contribution in [3.05, 3.63) is 146 Å². The Bertz CT molecular complexity index is 4590. The summed E-state index contributed by atoms with van der Waals surface area (Å²) in [6, 6.07) is 46.6. The van der Waals surface area contributed by atoms with Crippen molar-refractivity contribution in [2.24, 2.45) is 26.8 Å². The Morgan fingerprint density at radius 3 is 1.11 bits per heavy atom. The quantitative estimate of drug-likeness (QED) is 0.0168. The summed E-state index contributed by atoms with van der Waals surface area (Å²) in [7, 11) is 0. The number of unbranched alkanes of at least 4 members (excludes halogenated alkanes) is 4. The largest absolute Gasteiger partial charge is 0.481 e. The van der Waals surface area contributed by atoms with Crippen LogP contribution in [0.2, 0.25) is 0 Å². The maximum atomic E-state index is 14.0. The smallest absolute Gasteiger partial charge is 0.305 e. The van der Waals surface area contributed by atoms with E-state index in [0.717, 1.165) is 115 Å². The molecular weight excluding hydrogens is 1650 g/mol. The minimum Gasteiger partial charge on any atom is -0.481 e. The second-order valence-corrected chi connectivity index (χ2v) is 32.6. The van der Waals surface area contributed by atoms with Gasteiger partial charge in [-0.05, 0) is 118 Å². The number of carbonyl (C=O) groups is 12. The molecule has 2 aromatic heterocycles. The second-order valence-electron chi connectivity index (χ2n) is 32.6. The molecule has 1 atom stereocenters. The molecule has 14 N–H and O–H groups in total. The van der Waals surface area contributed by atoms with Crippen LogP contribution >= 0.6 is 0 Å². The van der Waals surface area contributed by atoms with Gasteiger partial charge in [-0.3, -0.25) is 67.6 Å². The van der Waals surface area contributed by atoms with Crippen molar-refractivity contribution in [3.8, 4) is 56.5 Å². The van der Waals surface area contributed by atoms with Gasteiger partial charge in [-0.25, -0.2) is 21.0 Å². The molecule has 0 radical (unpaired) electrons. The molecule has 0 bridgehead atoms. The number of benzene rings is 4. The van der Waals surface area contributed by atoms with Gasteiger partial charge in [-0.1, -0.05) is 149 Å². The lowest BCUT2D eigenvalue weighted by Crippen LogP contribution is -2.51. The van der Waals surface area contributed by atoms with Crippen molar-refractivity contribution < 1.29 is 87.4 Å². The number of pyridine rings is 2. The van der Waals surface area contributed by atoms with E-state index in [1.807, 2.05) is 119 Å². The van der Waals surface area contributed by atoms with Gasteiger partial charge in [0.05, 0.1) is 82.5 Å². The average molecular weight is 1770 g/mol. The van der Waals surface area contributed by atoms with Crippen LogP contribution in [-0.4, -0.2) is 254 Å². The molecule has 8 rings (SSSR count). The summed E-state index contributed by atoms with van der Waals surface area (Å²) in [4.78, 5) is 168. The van der Waals surface area contributed by atoms with E-state index in [1.165, 1.54) is 0 Å². The van der Waals surface area contributed by atoms with E-state index >= 15 is 0 Å². The van der Waals surface area contributed by atoms with Gasteiger partial charge >= 0.3 is 23.9 Å². The van der Waals surface area contributed by atoms with E-state index < -0.39 is 156 Å². The summed E-state index contributed by atoms with van der Waals surface area (Å²) in [5.74, 6) is -8.26. The molecule has 37 heteroatoms. The maximum absolute atomic E-state index is 14.0. The second kappa shape index (κ2) is 52.7. The Labute approximate surface area is 745 Å². The molecule has 37 nitrogen and oxygen atoms in total. The highest BCUT2D eigenvalue weighted by molar-refractivity contribution is 5.93. The highest BCUT2D eigenvalue weighted by atomic mass is 16.5. The van der Waals surface area contributed by atoms with Gasteiger partial charge in [0.15, 0.2) is 0 Å². The van der Waals surface area contributed by atoms with E-state index in [4.69, 9.17) is 25.2 Å². The molecule has 0 aliphatic carbocycles. The number of hydrazone groups is 2. The van der Waals surface area contributed by atoms with Crippen LogP contribution in [0.25, 0.3) is 44.8 Å². The lowest BCUT2D eigenvalue weighted by Gasteiger charge is -2.30. The van der Waals surface area contributed by atoms with Crippen molar-refractivity contribution in [1.82, 2.24) is 83.0 Å². The number of nitrogens with one attached hydrogen (secondary N) is 8. The van der Waals surface area contributed by atoms with Crippen molar-refractivity contribution in [2.75, 3.05) is 105 Å². The first-order valence-electron chi connectivity index (χ1n) is 43.6. The molecule has 2 aliphatic heterocycles. The minimum atomic E-state index is -1.62. The molecule has 4 heterocycles. The van der Waals surface area contributed by atoms with Gasteiger partial charge < -0.3 is 76.5 Å². The molecular formula is C91H123N19O18. The standard InChI is InChI=1S/C91H123N19O18/c1-90(2,43-19-23-55-127-78-59-69(65-27-9-5-10-28-65)57-72(97-78)67-31-13-7-14-32-67)88-99-101-103-109(88)49-21-17-35-74(111)93-45-25-47-95-76(113)61-105(51-39-83(118)119)81(116)63-107(53-41-85(122)123)80(115)38-37-71(92)87(126)108(54-42-86(124)125)64-82(117)106(52-40-84(120)121)62-77(114)96-48-26-46-94-75(112)36-18-22-50-110-89(100-102-104-110)91(3,4)44-20-24-56-128-79-60-70(66-29-11-6-12-30-66)58-73(98-79)68-33-15-8-16-34-68/h5-16,27-34,57-60,71,101-104H,17-26,35-56,61-64,92H2,1-4H3,(H,93,111)(H,94,112)(H,95,113)(H,96,114)(H,118,119)(H,120,121)(H,122,123)(H,124,125)/t71-/m0/s1. The SMILES string of the molecule is CC(C)(CCCCOc1cc(-c2ccccc2)cc(-c2ccccc2)n1)C1=NNNN1CCCCC(=O)NCCCNC(=O)CN(CCC(=O)O)C(=O)CN(CCC(=O)O)C(=O)CC[C@H](N)C(=O)N(CCC(=O)O)CC(=O)N(CCC(=O)O)CC(=O)NCCCNC(=O)CCCCN1NNN=C1C(C)(C)CCCCOc1cc(-c2ccccc2)cc(-c2ccccc2)n1. The minimum absolute atomic E-state index is 0.0410. The first-order chi connectivity index (χ1) is 61.5. The predicted octanol–water partition coefficient (Wildman–Crippen LogP) is 7.18. The molecule has 2 aliphatic rings. The van der Waals surface area contributed by atoms with Crippen molar-refractivity contribution in [3.63, 3.8) is 0 Å². The van der Waals surface area contributed by atoms with Crippen LogP contribution in [0.5, 0.6) is 11.8 Å². The number of hydrogen-bond donors (Lipinski definition) is 13. The van der Waals surface area contributed by atoms with E-state index in [-0.39, 0.29) is 74.5 Å². The monoisotopic (exact) mass is 1770 g/mol. The number of rotatable bonds is 60. The van der Waals surface area contributed by atoms with Gasteiger partial charge in [0.25, 0.3) is 0 Å². The molecule has 0 saturated carbocycles. The van der Waals surface area contributed by atoms with Gasteiger partial charge in [0, 0.05) is 119 Å². The summed E-state index contributed by atoms with van der Waals surface area (Å²) in [6.07, 6.45) is 4.67. The average Bonchev–Trinajstić information content (AvgIpc) is 1.58. The van der Waals surface area contributed by atoms with E-state index in [0.29, 0.717) is 63.7 Å². The highest BCUT2D eigenvalue weighted by Gasteiger charge is 2.35. The van der Waals surface area contributed by atoms with Crippen LogP contribution in [0, 0.1) is 10.8 Å². The summed E-state index contributed by atoms with van der Waals surface area (Å²) in [5.41, 5.74) is 25.4. The summed E-state index contributed by atoms with van der Waals surface area (Å²) in [6.45, 7) is 5.88. The molecule has 4 aromatic carbocycles. The van der Waals surface area contributed by atoms with Crippen LogP contribution < -0.4 is 58.6 Å². The maximum Gasteiger partial charge on any atom is 0.305 e. The summed E-state index contributed by atoms with van der Waals surface area (Å²) in [5, 5.41) is 62.2. The number of aromatic nitrogens is 2. The summed E-state index contributed by atoms with van der Waals surface area (Å²) >= 11 is 0. The number of amides is 8. The number of ether oxygens (including phenoxy) is 2. The third kappa shape index (κ3) is 35.3. The number of carboxylic acid groups (broad SMARTS) is 4. The van der Waals surface area contributed by atoms with E-state index in [9.17, 15) is 78.0 Å². The Kier molecular flexibility index (Phi) is 41.3. The number of nitrogens with two attached hydrogens (primary N) is 1. The zero-order valence-corrected chi connectivity index (χ0v) is 73.4. The van der Waals surface area contributed by atoms with Crippen molar-refractivity contribution >= 4 is 82.8 Å². The van der Waals surface area contributed by atoms with Crippen LogP contribution in [0.15, 0.2) is 156 Å². The number of aliphatic carboxylic acids is 4. The predicted molar refractivity (Wildman–Crippen MR) is 479 cm³/mol. The molecule has 0 unspecified atom stereocenters. The highest BCUT2D eigenvalue weighted by Crippen LogP contribution is 2.34. The Balaban J connectivity index is 0.698. The van der Waals surface area contributed by atoms with E-state index in [1.54, 1.807) is 0 Å². The number of hydrazine groups is 4. The first-order valence-corrected chi connectivity index (χ1v) is 43.6. The molecule has 6 aromatic rings. The van der Waals surface area contributed by atoms with Gasteiger partial charge in [-0.2, -0.15) is 0 Å². The summed E-state index contributed by atoms with van der Waals surface area (Å²) < 4.78 is 12.5. The van der Waals surface area contributed by atoms with Crippen molar-refractivity contribution in [2.45, 2.75) is 162 Å². The van der Waals surface area contributed by atoms with Crippen LogP contribution in [0.3, 0.4) is 0 Å². The number of hydrogen-bond acceptors (Lipinski definition) is 25. The number of amidine groups is 2. The molecule has 0 fully saturated rings. The van der Waals surface area contributed by atoms with Gasteiger partial charge in [-0.15, -0.1) is 21.3 Å². The Morgan fingerprint density at radius 2 is 0.734 bits per heavy atom. The molecule has 0 saturated heterocycles. The Hall–Kier alpha value is -13.2. The molecule has 8 amide bonds. The zero-order valence-electron chi connectivity index (χ0n) is 73.4. The third-order valence-electron chi connectivity index (χ3n) is 21.4. The normalized spacial score (nSPS) is 12.6. The van der Waals surface area contributed by atoms with Gasteiger partial charge in [0.2, 0.25) is 59.0 Å². The fourth-order valence-corrected chi connectivity index (χ4v) is 14.3. The lowest BCUT2D eigenvalue weighted by molar-refractivity contribution is -0.146.